The van der Waals surface area contributed by atoms with E-state index in [0.29, 0.717) is 47.4 Å². The first-order valence-electron chi connectivity index (χ1n) is 14.1. The lowest BCUT2D eigenvalue weighted by molar-refractivity contribution is -0.111. The Morgan fingerprint density at radius 3 is 2.58 bits per heavy atom. The Kier molecular flexibility index (Phi) is 11.5. The van der Waals surface area contributed by atoms with Crippen molar-refractivity contribution in [1.82, 2.24) is 4.57 Å². The minimum atomic E-state index is -0.339. The van der Waals surface area contributed by atoms with E-state index < -0.39 is 0 Å². The fraction of sp³-hybridized carbons (Fsp3) is 0.438. The lowest BCUT2D eigenvalue weighted by atomic mass is 10.1. The zero-order valence-corrected chi connectivity index (χ0v) is 24.3. The molecule has 1 atom stereocenters. The number of nitrogens with one attached hydrogen (secondary N) is 1. The van der Waals surface area contributed by atoms with E-state index in [2.05, 4.69) is 26.1 Å². The van der Waals surface area contributed by atoms with Crippen molar-refractivity contribution in [2.75, 3.05) is 25.6 Å². The predicted octanol–water partition coefficient (Wildman–Crippen LogP) is 6.68. The number of carbonyl (C=O) groups excluding carboxylic acids is 1. The fourth-order valence-corrected chi connectivity index (χ4v) is 4.49. The van der Waals surface area contributed by atoms with Crippen LogP contribution in [-0.4, -0.2) is 35.9 Å². The molecule has 1 aromatic heterocycles. The molecular formula is C32H42N2O6. The van der Waals surface area contributed by atoms with Gasteiger partial charge in [-0.25, -0.2) is 0 Å². The summed E-state index contributed by atoms with van der Waals surface area (Å²) in [6, 6.07) is 10.2. The first-order valence-corrected chi connectivity index (χ1v) is 14.1. The normalized spacial score (nSPS) is 12.0. The maximum Gasteiger partial charge on any atom is 0.297 e. The van der Waals surface area contributed by atoms with Crippen molar-refractivity contribution in [3.05, 3.63) is 58.4 Å². The van der Waals surface area contributed by atoms with Crippen LogP contribution >= 0.6 is 0 Å². The van der Waals surface area contributed by atoms with Crippen LogP contribution in [0, 0.1) is 5.92 Å². The van der Waals surface area contributed by atoms with Crippen LogP contribution in [0.25, 0.3) is 17.0 Å². The van der Waals surface area contributed by atoms with Crippen LogP contribution in [0.1, 0.15) is 64.9 Å². The molecule has 0 radical (unpaired) electrons. The Hall–Kier alpha value is -3.94. The minimum absolute atomic E-state index is 0.0271. The van der Waals surface area contributed by atoms with Gasteiger partial charge in [0.25, 0.3) is 5.56 Å². The second-order valence-electron chi connectivity index (χ2n) is 10.1. The van der Waals surface area contributed by atoms with E-state index in [1.807, 2.05) is 6.07 Å². The molecule has 40 heavy (non-hydrogen) atoms. The number of aromatic nitrogens is 1. The maximum absolute atomic E-state index is 13.4. The van der Waals surface area contributed by atoms with Crippen LogP contribution < -0.4 is 25.1 Å². The molecule has 1 unspecified atom stereocenters. The van der Waals surface area contributed by atoms with Crippen molar-refractivity contribution in [1.29, 1.82) is 0 Å². The SMILES string of the molecule is CCCCCCOc1c(OCC(C)CCC)c(=O)n(C)c2cc(NC(=O)C=Cc3ccc(O)c(OC)c3)ccc12. The molecule has 0 aliphatic carbocycles. The van der Waals surface area contributed by atoms with Gasteiger partial charge in [-0.15, -0.1) is 0 Å². The van der Waals surface area contributed by atoms with Gasteiger partial charge in [-0.1, -0.05) is 52.5 Å². The second-order valence-corrected chi connectivity index (χ2v) is 10.1. The molecule has 2 aromatic carbocycles. The van der Waals surface area contributed by atoms with Gasteiger partial charge in [-0.05, 0) is 60.7 Å². The summed E-state index contributed by atoms with van der Waals surface area (Å²) in [5.74, 6) is 1.02. The van der Waals surface area contributed by atoms with E-state index in [0.717, 1.165) is 43.9 Å². The Morgan fingerprint density at radius 1 is 1.05 bits per heavy atom. The minimum Gasteiger partial charge on any atom is -0.504 e. The van der Waals surface area contributed by atoms with Crippen molar-refractivity contribution < 1.29 is 24.1 Å². The number of rotatable bonds is 15. The van der Waals surface area contributed by atoms with Gasteiger partial charge in [-0.2, -0.15) is 0 Å². The van der Waals surface area contributed by atoms with E-state index in [9.17, 15) is 14.7 Å². The number of phenolic OH excluding ortho intramolecular Hbond substituents is 1. The maximum atomic E-state index is 13.4. The number of hydrogen-bond donors (Lipinski definition) is 2. The molecule has 1 heterocycles. The van der Waals surface area contributed by atoms with Crippen LogP contribution in [0.2, 0.25) is 0 Å². The molecule has 3 rings (SSSR count). The molecule has 0 bridgehead atoms. The number of benzene rings is 2. The quantitative estimate of drug-likeness (QED) is 0.162. The Labute approximate surface area is 236 Å². The molecule has 8 nitrogen and oxygen atoms in total. The molecule has 3 aromatic rings. The van der Waals surface area contributed by atoms with Gasteiger partial charge in [0, 0.05) is 24.2 Å². The summed E-state index contributed by atoms with van der Waals surface area (Å²) in [7, 11) is 3.16. The summed E-state index contributed by atoms with van der Waals surface area (Å²) in [6.45, 7) is 7.34. The molecule has 0 aliphatic heterocycles. The molecule has 0 saturated heterocycles. The topological polar surface area (TPSA) is 99.0 Å². The third kappa shape index (κ3) is 8.04. The largest absolute Gasteiger partial charge is 0.504 e. The van der Waals surface area contributed by atoms with E-state index in [4.69, 9.17) is 14.2 Å². The highest BCUT2D eigenvalue weighted by molar-refractivity contribution is 6.03. The predicted molar refractivity (Wildman–Crippen MR) is 161 cm³/mol. The zero-order chi connectivity index (χ0) is 29.1. The third-order valence-electron chi connectivity index (χ3n) is 6.75. The number of pyridine rings is 1. The molecule has 8 heteroatoms. The number of amides is 1. The molecule has 216 valence electrons. The third-order valence-corrected chi connectivity index (χ3v) is 6.75. The number of carbonyl (C=O) groups is 1. The van der Waals surface area contributed by atoms with Gasteiger partial charge < -0.3 is 29.2 Å². The summed E-state index contributed by atoms with van der Waals surface area (Å²) in [4.78, 5) is 26.1. The van der Waals surface area contributed by atoms with Gasteiger partial charge in [0.15, 0.2) is 17.2 Å². The summed E-state index contributed by atoms with van der Waals surface area (Å²) >= 11 is 0. The van der Waals surface area contributed by atoms with Gasteiger partial charge in [0.2, 0.25) is 11.7 Å². The van der Waals surface area contributed by atoms with Crippen molar-refractivity contribution in [2.45, 2.75) is 59.3 Å². The summed E-state index contributed by atoms with van der Waals surface area (Å²) in [5, 5.41) is 13.4. The first kappa shape index (κ1) is 30.6. The van der Waals surface area contributed by atoms with E-state index in [1.165, 1.54) is 23.8 Å². The number of anilines is 1. The zero-order valence-electron chi connectivity index (χ0n) is 24.3. The van der Waals surface area contributed by atoms with Crippen molar-refractivity contribution in [2.24, 2.45) is 13.0 Å². The highest BCUT2D eigenvalue weighted by Crippen LogP contribution is 2.35. The summed E-state index contributed by atoms with van der Waals surface area (Å²) < 4.78 is 18.9. The van der Waals surface area contributed by atoms with Crippen molar-refractivity contribution in [3.8, 4) is 23.0 Å². The molecule has 0 fully saturated rings. The van der Waals surface area contributed by atoms with Gasteiger partial charge >= 0.3 is 0 Å². The lowest BCUT2D eigenvalue weighted by Gasteiger charge is -2.19. The van der Waals surface area contributed by atoms with Gasteiger partial charge in [0.1, 0.15) is 0 Å². The number of ether oxygens (including phenoxy) is 3. The van der Waals surface area contributed by atoms with Crippen molar-refractivity contribution in [3.63, 3.8) is 0 Å². The van der Waals surface area contributed by atoms with Gasteiger partial charge in [-0.3, -0.25) is 9.59 Å². The number of aryl methyl sites for hydroxylation is 1. The van der Waals surface area contributed by atoms with Crippen LogP contribution in [0.15, 0.2) is 47.3 Å². The van der Waals surface area contributed by atoms with E-state index in [1.54, 1.807) is 37.4 Å². The van der Waals surface area contributed by atoms with Crippen LogP contribution in [0.3, 0.4) is 0 Å². The second kappa shape index (κ2) is 15.0. The number of methoxy groups -OCH3 is 1. The number of hydrogen-bond acceptors (Lipinski definition) is 6. The molecular weight excluding hydrogens is 508 g/mol. The molecule has 0 aliphatic rings. The Balaban J connectivity index is 1.88. The number of fused-ring (bicyclic) bond motifs is 1. The van der Waals surface area contributed by atoms with E-state index in [-0.39, 0.29) is 23.0 Å². The first-order chi connectivity index (χ1) is 19.3. The van der Waals surface area contributed by atoms with Crippen LogP contribution in [0.5, 0.6) is 23.0 Å². The number of unbranched alkanes of at least 4 members (excludes halogenated alkanes) is 3. The summed E-state index contributed by atoms with van der Waals surface area (Å²) in [6.07, 6.45) is 9.30. The average Bonchev–Trinajstić information content (AvgIpc) is 2.94. The average molecular weight is 551 g/mol. The molecule has 1 amide bonds. The Morgan fingerprint density at radius 2 is 1.85 bits per heavy atom. The number of aromatic hydroxyl groups is 1. The number of phenols is 1. The van der Waals surface area contributed by atoms with Crippen molar-refractivity contribution >= 4 is 28.6 Å². The van der Waals surface area contributed by atoms with E-state index >= 15 is 0 Å². The highest BCUT2D eigenvalue weighted by atomic mass is 16.5. The number of nitrogens with zero attached hydrogens (tertiary/aromatic N) is 1. The standard InChI is InChI=1S/C32H42N2O6/c1-6-8-9-10-18-39-30-25-15-14-24(33-29(36)17-13-23-12-16-27(35)28(19-23)38-5)20-26(25)34(4)32(37)31(30)40-21-22(3)11-7-2/h12-17,19-20,22,35H,6-11,18,21H2,1-5H3,(H,33,36). The molecule has 2 N–H and O–H groups in total. The lowest BCUT2D eigenvalue weighted by Crippen LogP contribution is -2.23. The van der Waals surface area contributed by atoms with Crippen LogP contribution in [-0.2, 0) is 11.8 Å². The van der Waals surface area contributed by atoms with Gasteiger partial charge in [0.05, 0.1) is 25.8 Å². The molecule has 0 saturated carbocycles. The smallest absolute Gasteiger partial charge is 0.297 e. The fourth-order valence-electron chi connectivity index (χ4n) is 4.49. The highest BCUT2D eigenvalue weighted by Gasteiger charge is 2.20. The molecule has 0 spiro atoms. The monoisotopic (exact) mass is 550 g/mol. The summed E-state index contributed by atoms with van der Waals surface area (Å²) in [5.41, 5.74) is 1.60. The van der Waals surface area contributed by atoms with Crippen LogP contribution in [0.4, 0.5) is 5.69 Å². The Bertz CT molecular complexity index is 1380.